The number of ether oxygens (including phenoxy) is 1. The minimum absolute atomic E-state index is 0.0117. The molecule has 2 saturated heterocycles. The highest BCUT2D eigenvalue weighted by atomic mass is 32.2. The average molecular weight is 369 g/mol. The topological polar surface area (TPSA) is 84.0 Å². The summed E-state index contributed by atoms with van der Waals surface area (Å²) in [5.74, 6) is 0.158. The van der Waals surface area contributed by atoms with Crippen molar-refractivity contribution in [2.45, 2.75) is 26.2 Å². The van der Waals surface area contributed by atoms with Gasteiger partial charge in [0.2, 0.25) is 20.0 Å². The van der Waals surface area contributed by atoms with Crippen molar-refractivity contribution in [2.24, 2.45) is 11.3 Å². The Morgan fingerprint density at radius 3 is 2.39 bits per heavy atom. The van der Waals surface area contributed by atoms with Crippen LogP contribution in [0.1, 0.15) is 26.2 Å². The first-order chi connectivity index (χ1) is 10.6. The summed E-state index contributed by atoms with van der Waals surface area (Å²) in [6.45, 7) is 4.07. The molecule has 0 bridgehead atoms. The fourth-order valence-corrected chi connectivity index (χ4v) is 6.32. The van der Waals surface area contributed by atoms with Crippen LogP contribution in [0.15, 0.2) is 0 Å². The predicted octanol–water partition coefficient (Wildman–Crippen LogP) is 0.346. The standard InChI is InChI=1S/C14H28N2O5S2/c1-4-5-8-23(19,20)15-7-6-14(12-21-2)11-16(22(3,17)18)10-13(14)9-15/h13H,4-12H2,1-3H3/t13-,14+/m1/s1. The first-order valence-corrected chi connectivity index (χ1v) is 11.5. The van der Waals surface area contributed by atoms with E-state index in [1.807, 2.05) is 6.92 Å². The molecule has 0 N–H and O–H groups in total. The third-order valence-electron chi connectivity index (χ3n) is 5.11. The number of rotatable bonds is 7. The highest BCUT2D eigenvalue weighted by Gasteiger charge is 2.52. The average Bonchev–Trinajstić information content (AvgIpc) is 2.84. The molecule has 0 unspecified atom stereocenters. The zero-order valence-corrected chi connectivity index (χ0v) is 15.8. The number of hydrogen-bond acceptors (Lipinski definition) is 5. The molecule has 0 radical (unpaired) electrons. The Hall–Kier alpha value is -0.220. The lowest BCUT2D eigenvalue weighted by Crippen LogP contribution is -2.51. The highest BCUT2D eigenvalue weighted by molar-refractivity contribution is 7.89. The lowest BCUT2D eigenvalue weighted by molar-refractivity contribution is 0.0209. The molecule has 7 nitrogen and oxygen atoms in total. The SMILES string of the molecule is CCCCS(=O)(=O)N1CC[C@@]2(COC)CN(S(C)(=O)=O)C[C@H]2C1. The van der Waals surface area contributed by atoms with Crippen molar-refractivity contribution in [1.29, 1.82) is 0 Å². The molecular formula is C14H28N2O5S2. The summed E-state index contributed by atoms with van der Waals surface area (Å²) in [4.78, 5) is 0. The zero-order chi connectivity index (χ0) is 17.3. The van der Waals surface area contributed by atoms with Gasteiger partial charge < -0.3 is 4.74 Å². The third-order valence-corrected chi connectivity index (χ3v) is 8.25. The van der Waals surface area contributed by atoms with E-state index in [0.29, 0.717) is 45.6 Å². The van der Waals surface area contributed by atoms with Crippen molar-refractivity contribution < 1.29 is 21.6 Å². The zero-order valence-electron chi connectivity index (χ0n) is 14.2. The van der Waals surface area contributed by atoms with E-state index < -0.39 is 20.0 Å². The fraction of sp³-hybridized carbons (Fsp3) is 1.00. The van der Waals surface area contributed by atoms with Crippen LogP contribution in [0.25, 0.3) is 0 Å². The number of unbranched alkanes of at least 4 members (excludes halogenated alkanes) is 1. The highest BCUT2D eigenvalue weighted by Crippen LogP contribution is 2.44. The second kappa shape index (κ2) is 6.95. The van der Waals surface area contributed by atoms with E-state index in [1.165, 1.54) is 10.6 Å². The van der Waals surface area contributed by atoms with Crippen LogP contribution in [0, 0.1) is 11.3 Å². The molecule has 0 aromatic heterocycles. The van der Waals surface area contributed by atoms with Gasteiger partial charge >= 0.3 is 0 Å². The van der Waals surface area contributed by atoms with Crippen molar-refractivity contribution in [2.75, 3.05) is 51.9 Å². The molecule has 2 atom stereocenters. The van der Waals surface area contributed by atoms with Crippen LogP contribution in [0.2, 0.25) is 0 Å². The molecule has 2 heterocycles. The Morgan fingerprint density at radius 2 is 1.83 bits per heavy atom. The van der Waals surface area contributed by atoms with Crippen LogP contribution in [-0.4, -0.2) is 77.4 Å². The molecule has 23 heavy (non-hydrogen) atoms. The van der Waals surface area contributed by atoms with Crippen LogP contribution < -0.4 is 0 Å². The van der Waals surface area contributed by atoms with E-state index >= 15 is 0 Å². The lowest BCUT2D eigenvalue weighted by Gasteiger charge is -2.42. The van der Waals surface area contributed by atoms with Gasteiger partial charge in [0.05, 0.1) is 18.6 Å². The number of sulfonamides is 2. The van der Waals surface area contributed by atoms with Crippen LogP contribution in [0.5, 0.6) is 0 Å². The molecule has 2 aliphatic heterocycles. The van der Waals surface area contributed by atoms with Crippen LogP contribution >= 0.6 is 0 Å². The molecule has 0 aromatic carbocycles. The molecule has 2 aliphatic rings. The quantitative estimate of drug-likeness (QED) is 0.647. The molecule has 0 aromatic rings. The van der Waals surface area contributed by atoms with E-state index in [2.05, 4.69) is 0 Å². The molecule has 9 heteroatoms. The lowest BCUT2D eigenvalue weighted by atomic mass is 9.74. The molecule has 2 rings (SSSR count). The molecule has 0 spiro atoms. The Labute approximate surface area is 140 Å². The minimum atomic E-state index is -3.27. The summed E-state index contributed by atoms with van der Waals surface area (Å²) < 4.78 is 57.0. The minimum Gasteiger partial charge on any atom is -0.384 e. The Kier molecular flexibility index (Phi) is 5.78. The first kappa shape index (κ1) is 19.1. The maximum Gasteiger partial charge on any atom is 0.214 e. The monoisotopic (exact) mass is 368 g/mol. The van der Waals surface area contributed by atoms with E-state index in [9.17, 15) is 16.8 Å². The number of fused-ring (bicyclic) bond motifs is 1. The van der Waals surface area contributed by atoms with Crippen molar-refractivity contribution >= 4 is 20.0 Å². The van der Waals surface area contributed by atoms with Gasteiger partial charge in [-0.1, -0.05) is 13.3 Å². The van der Waals surface area contributed by atoms with Gasteiger partial charge in [-0.3, -0.25) is 0 Å². The molecule has 2 fully saturated rings. The van der Waals surface area contributed by atoms with Gasteiger partial charge in [-0.05, 0) is 18.8 Å². The Bertz CT molecular complexity index is 619. The number of methoxy groups -OCH3 is 1. The van der Waals surface area contributed by atoms with Gasteiger partial charge in [-0.2, -0.15) is 0 Å². The fourth-order valence-electron chi connectivity index (χ4n) is 3.69. The van der Waals surface area contributed by atoms with E-state index in [0.717, 1.165) is 6.42 Å². The van der Waals surface area contributed by atoms with Gasteiger partial charge in [0.1, 0.15) is 0 Å². The van der Waals surface area contributed by atoms with Crippen molar-refractivity contribution in [3.05, 3.63) is 0 Å². The molecule has 136 valence electrons. The van der Waals surface area contributed by atoms with Crippen LogP contribution in [-0.2, 0) is 24.8 Å². The van der Waals surface area contributed by atoms with E-state index in [1.54, 1.807) is 11.4 Å². The second-order valence-corrected chi connectivity index (χ2v) is 10.9. The number of nitrogens with zero attached hydrogens (tertiary/aromatic N) is 2. The van der Waals surface area contributed by atoms with Crippen LogP contribution in [0.3, 0.4) is 0 Å². The summed E-state index contributed by atoms with van der Waals surface area (Å²) in [5, 5.41) is 0. The molecule has 0 saturated carbocycles. The number of hydrogen-bond donors (Lipinski definition) is 0. The van der Waals surface area contributed by atoms with Gasteiger partial charge in [0.25, 0.3) is 0 Å². The van der Waals surface area contributed by atoms with Crippen molar-refractivity contribution in [1.82, 2.24) is 8.61 Å². The van der Waals surface area contributed by atoms with Crippen molar-refractivity contribution in [3.63, 3.8) is 0 Å². The first-order valence-electron chi connectivity index (χ1n) is 8.06. The summed E-state index contributed by atoms with van der Waals surface area (Å²) >= 11 is 0. The maximum absolute atomic E-state index is 12.4. The van der Waals surface area contributed by atoms with E-state index in [4.69, 9.17) is 4.74 Å². The normalized spacial score (nSPS) is 30.5. The summed E-state index contributed by atoms with van der Waals surface area (Å²) in [6, 6.07) is 0. The van der Waals surface area contributed by atoms with Gasteiger partial charge in [0.15, 0.2) is 0 Å². The van der Waals surface area contributed by atoms with Gasteiger partial charge in [-0.25, -0.2) is 25.4 Å². The Morgan fingerprint density at radius 1 is 1.17 bits per heavy atom. The smallest absolute Gasteiger partial charge is 0.214 e. The molecular weight excluding hydrogens is 340 g/mol. The Balaban J connectivity index is 2.18. The van der Waals surface area contributed by atoms with Gasteiger partial charge in [0, 0.05) is 38.7 Å². The van der Waals surface area contributed by atoms with Gasteiger partial charge in [-0.15, -0.1) is 0 Å². The number of piperidine rings is 1. The molecule has 0 amide bonds. The second-order valence-electron chi connectivity index (χ2n) is 6.83. The summed E-state index contributed by atoms with van der Waals surface area (Å²) in [6.07, 6.45) is 3.34. The predicted molar refractivity (Wildman–Crippen MR) is 89.1 cm³/mol. The summed E-state index contributed by atoms with van der Waals surface area (Å²) in [5.41, 5.74) is -0.269. The molecule has 0 aliphatic carbocycles. The third kappa shape index (κ3) is 4.07. The largest absolute Gasteiger partial charge is 0.384 e. The summed E-state index contributed by atoms with van der Waals surface area (Å²) in [7, 11) is -4.92. The van der Waals surface area contributed by atoms with E-state index in [-0.39, 0.29) is 17.1 Å². The maximum atomic E-state index is 12.4. The van der Waals surface area contributed by atoms with Crippen molar-refractivity contribution in [3.8, 4) is 0 Å². The van der Waals surface area contributed by atoms with Crippen LogP contribution in [0.4, 0.5) is 0 Å².